The van der Waals surface area contributed by atoms with Crippen LogP contribution < -0.4 is 10.1 Å². The Labute approximate surface area is 115 Å². The summed E-state index contributed by atoms with van der Waals surface area (Å²) in [6.07, 6.45) is 5.42. The second-order valence-corrected chi connectivity index (χ2v) is 5.74. The zero-order valence-electron chi connectivity index (χ0n) is 11.8. The number of para-hydroxylation sites is 1. The van der Waals surface area contributed by atoms with Gasteiger partial charge in [0.05, 0.1) is 5.69 Å². The van der Waals surface area contributed by atoms with Gasteiger partial charge in [-0.15, -0.1) is 0 Å². The minimum atomic E-state index is 0.690. The Morgan fingerprint density at radius 2 is 2.26 bits per heavy atom. The van der Waals surface area contributed by atoms with Gasteiger partial charge in [-0.2, -0.15) is 0 Å². The highest BCUT2D eigenvalue weighted by molar-refractivity contribution is 5.61. The minimum Gasteiger partial charge on any atom is -0.489 e. The Kier molecular flexibility index (Phi) is 3.92. The van der Waals surface area contributed by atoms with Crippen molar-refractivity contribution in [1.82, 2.24) is 4.90 Å². The molecular formula is C16H24N2O. The van der Waals surface area contributed by atoms with E-state index in [-0.39, 0.29) is 0 Å². The van der Waals surface area contributed by atoms with Crippen LogP contribution in [0.4, 0.5) is 5.69 Å². The normalized spacial score (nSPS) is 23.9. The van der Waals surface area contributed by atoms with E-state index < -0.39 is 0 Å². The second-order valence-electron chi connectivity index (χ2n) is 5.74. The summed E-state index contributed by atoms with van der Waals surface area (Å²) in [6, 6.07) is 7.15. The molecule has 1 fully saturated rings. The highest BCUT2D eigenvalue weighted by atomic mass is 16.5. The summed E-state index contributed by atoms with van der Waals surface area (Å²) in [5.74, 6) is 1.07. The number of benzene rings is 1. The average Bonchev–Trinajstić information content (AvgIpc) is 2.65. The molecule has 0 spiro atoms. The molecule has 2 aliphatic rings. The van der Waals surface area contributed by atoms with Crippen LogP contribution in [0.1, 0.15) is 38.2 Å². The first kappa shape index (κ1) is 12.8. The van der Waals surface area contributed by atoms with Gasteiger partial charge in [0.2, 0.25) is 0 Å². The maximum Gasteiger partial charge on any atom is 0.146 e. The summed E-state index contributed by atoms with van der Waals surface area (Å²) < 4.78 is 5.87. The monoisotopic (exact) mass is 260 g/mol. The van der Waals surface area contributed by atoms with Gasteiger partial charge in [-0.25, -0.2) is 0 Å². The zero-order valence-corrected chi connectivity index (χ0v) is 11.8. The Balaban J connectivity index is 1.78. The molecule has 19 heavy (non-hydrogen) atoms. The van der Waals surface area contributed by atoms with Gasteiger partial charge in [0.25, 0.3) is 0 Å². The van der Waals surface area contributed by atoms with E-state index in [2.05, 4.69) is 35.3 Å². The second kappa shape index (κ2) is 5.83. The van der Waals surface area contributed by atoms with E-state index in [1.54, 1.807) is 0 Å². The Morgan fingerprint density at radius 1 is 1.32 bits per heavy atom. The predicted molar refractivity (Wildman–Crippen MR) is 78.8 cm³/mol. The summed E-state index contributed by atoms with van der Waals surface area (Å²) in [5.41, 5.74) is 2.49. The molecule has 0 bridgehead atoms. The van der Waals surface area contributed by atoms with Crippen LogP contribution in [0.2, 0.25) is 0 Å². The lowest BCUT2D eigenvalue weighted by molar-refractivity contribution is 0.200. The quantitative estimate of drug-likeness (QED) is 0.883. The van der Waals surface area contributed by atoms with Crippen molar-refractivity contribution in [2.45, 2.75) is 45.2 Å². The Bertz CT molecular complexity index is 433. The fourth-order valence-corrected chi connectivity index (χ4v) is 3.15. The molecule has 2 aliphatic heterocycles. The van der Waals surface area contributed by atoms with E-state index >= 15 is 0 Å². The van der Waals surface area contributed by atoms with Crippen molar-refractivity contribution in [3.63, 3.8) is 0 Å². The third-order valence-electron chi connectivity index (χ3n) is 4.32. The molecule has 0 amide bonds. The molecule has 0 aromatic heterocycles. The van der Waals surface area contributed by atoms with Crippen molar-refractivity contribution in [1.29, 1.82) is 0 Å². The highest BCUT2D eigenvalue weighted by Crippen LogP contribution is 2.33. The van der Waals surface area contributed by atoms with Gasteiger partial charge >= 0.3 is 0 Å². The number of anilines is 1. The van der Waals surface area contributed by atoms with Crippen LogP contribution in [0.5, 0.6) is 5.75 Å². The largest absolute Gasteiger partial charge is 0.489 e. The lowest BCUT2D eigenvalue weighted by atomic mass is 10.1. The van der Waals surface area contributed by atoms with Crippen LogP contribution in [0.3, 0.4) is 0 Å². The first-order valence-corrected chi connectivity index (χ1v) is 7.57. The number of ether oxygens (including phenoxy) is 1. The first-order chi connectivity index (χ1) is 9.34. The summed E-state index contributed by atoms with van der Waals surface area (Å²) >= 11 is 0. The van der Waals surface area contributed by atoms with E-state index in [0.717, 1.165) is 31.1 Å². The molecule has 1 atom stereocenters. The van der Waals surface area contributed by atoms with Crippen LogP contribution in [0.15, 0.2) is 18.2 Å². The van der Waals surface area contributed by atoms with E-state index in [9.17, 15) is 0 Å². The lowest BCUT2D eigenvalue weighted by Crippen LogP contribution is -2.32. The van der Waals surface area contributed by atoms with Crippen LogP contribution in [0, 0.1) is 0 Å². The van der Waals surface area contributed by atoms with Crippen molar-refractivity contribution in [2.24, 2.45) is 0 Å². The Morgan fingerprint density at radius 3 is 3.21 bits per heavy atom. The number of fused-ring (bicyclic) bond motifs is 1. The number of hydrogen-bond donors (Lipinski definition) is 1. The zero-order chi connectivity index (χ0) is 13.1. The molecule has 1 unspecified atom stereocenters. The molecule has 104 valence electrons. The third-order valence-corrected chi connectivity index (χ3v) is 4.32. The van der Waals surface area contributed by atoms with Gasteiger partial charge in [-0.05, 0) is 32.4 Å². The van der Waals surface area contributed by atoms with Gasteiger partial charge in [-0.1, -0.05) is 25.0 Å². The van der Waals surface area contributed by atoms with Crippen LogP contribution in [-0.2, 0) is 6.54 Å². The van der Waals surface area contributed by atoms with Gasteiger partial charge in [0.15, 0.2) is 0 Å². The van der Waals surface area contributed by atoms with Gasteiger partial charge in [0.1, 0.15) is 12.4 Å². The van der Waals surface area contributed by atoms with Crippen molar-refractivity contribution in [3.05, 3.63) is 23.8 Å². The van der Waals surface area contributed by atoms with E-state index in [4.69, 9.17) is 4.74 Å². The standard InChI is InChI=1S/C16H24N2O/c1-13-6-3-2-4-10-18(13)12-14-7-5-8-15-16(14)19-11-9-17-15/h5,7-8,13,17H,2-4,6,9-12H2,1H3. The lowest BCUT2D eigenvalue weighted by Gasteiger charge is -2.29. The van der Waals surface area contributed by atoms with Crippen molar-refractivity contribution in [3.8, 4) is 5.75 Å². The maximum atomic E-state index is 5.87. The number of nitrogens with one attached hydrogen (secondary N) is 1. The molecule has 0 saturated carbocycles. The summed E-state index contributed by atoms with van der Waals surface area (Å²) in [4.78, 5) is 2.61. The van der Waals surface area contributed by atoms with Crippen molar-refractivity contribution in [2.75, 3.05) is 25.0 Å². The molecule has 1 N–H and O–H groups in total. The van der Waals surface area contributed by atoms with E-state index in [1.165, 1.54) is 37.8 Å². The fourth-order valence-electron chi connectivity index (χ4n) is 3.15. The van der Waals surface area contributed by atoms with E-state index in [0.29, 0.717) is 6.04 Å². The van der Waals surface area contributed by atoms with Crippen molar-refractivity contribution >= 4 is 5.69 Å². The highest BCUT2D eigenvalue weighted by Gasteiger charge is 2.20. The first-order valence-electron chi connectivity index (χ1n) is 7.57. The molecule has 3 rings (SSSR count). The summed E-state index contributed by atoms with van der Waals surface area (Å²) in [6.45, 7) is 6.29. The molecule has 1 saturated heterocycles. The SMILES string of the molecule is CC1CCCCCN1Cc1cccc2c1OCCN2. The third kappa shape index (κ3) is 2.86. The maximum absolute atomic E-state index is 5.87. The molecule has 0 aliphatic carbocycles. The summed E-state index contributed by atoms with van der Waals surface area (Å²) in [7, 11) is 0. The molecule has 0 radical (unpaired) electrons. The van der Waals surface area contributed by atoms with Crippen molar-refractivity contribution < 1.29 is 4.74 Å². The summed E-state index contributed by atoms with van der Waals surface area (Å²) in [5, 5.41) is 3.42. The number of nitrogens with zero attached hydrogens (tertiary/aromatic N) is 1. The smallest absolute Gasteiger partial charge is 0.146 e. The number of likely N-dealkylation sites (tertiary alicyclic amines) is 1. The fraction of sp³-hybridized carbons (Fsp3) is 0.625. The Hall–Kier alpha value is -1.22. The minimum absolute atomic E-state index is 0.690. The topological polar surface area (TPSA) is 24.5 Å². The molecule has 1 aromatic rings. The van der Waals surface area contributed by atoms with Gasteiger partial charge in [-0.3, -0.25) is 4.90 Å². The predicted octanol–water partition coefficient (Wildman–Crippen LogP) is 3.26. The van der Waals surface area contributed by atoms with Crippen LogP contribution in [0.25, 0.3) is 0 Å². The molecule has 2 heterocycles. The number of rotatable bonds is 2. The van der Waals surface area contributed by atoms with Gasteiger partial charge in [0, 0.05) is 24.7 Å². The van der Waals surface area contributed by atoms with E-state index in [1.807, 2.05) is 0 Å². The molecular weight excluding hydrogens is 236 g/mol. The number of hydrogen-bond acceptors (Lipinski definition) is 3. The van der Waals surface area contributed by atoms with Crippen LogP contribution >= 0.6 is 0 Å². The molecule has 1 aromatic carbocycles. The van der Waals surface area contributed by atoms with Gasteiger partial charge < -0.3 is 10.1 Å². The molecule has 3 nitrogen and oxygen atoms in total. The average molecular weight is 260 g/mol. The van der Waals surface area contributed by atoms with Crippen LogP contribution in [-0.4, -0.2) is 30.6 Å². The molecule has 3 heteroatoms.